The van der Waals surface area contributed by atoms with Gasteiger partial charge in [-0.2, -0.15) is 10.1 Å². The van der Waals surface area contributed by atoms with E-state index in [1.165, 1.54) is 11.8 Å². The molecule has 9 heteroatoms. The number of para-hydroxylation sites is 1. The highest BCUT2D eigenvalue weighted by Gasteiger charge is 2.37. The van der Waals surface area contributed by atoms with Gasteiger partial charge in [-0.3, -0.25) is 19.3 Å². The fourth-order valence-electron chi connectivity index (χ4n) is 2.19. The normalized spacial score (nSPS) is 19.3. The zero-order chi connectivity index (χ0) is 15.9. The maximum absolute atomic E-state index is 12.4. The number of nitrogens with zero attached hydrogens (tertiary/aromatic N) is 3. The average molecular weight is 335 g/mol. The van der Waals surface area contributed by atoms with Gasteiger partial charge in [-0.15, -0.1) is 0 Å². The van der Waals surface area contributed by atoms with Crippen LogP contribution < -0.4 is 4.90 Å². The van der Waals surface area contributed by atoms with Crippen molar-refractivity contribution in [3.63, 3.8) is 0 Å². The lowest BCUT2D eigenvalue weighted by molar-refractivity contribution is -0.136. The minimum absolute atomic E-state index is 0.0232. The summed E-state index contributed by atoms with van der Waals surface area (Å²) < 4.78 is 0.277. The van der Waals surface area contributed by atoms with Crippen LogP contribution >= 0.6 is 24.0 Å². The summed E-state index contributed by atoms with van der Waals surface area (Å²) in [6, 6.07) is 6.71. The minimum Gasteiger partial charge on any atom is -0.480 e. The number of thioether (sulfide) groups is 1. The molecule has 0 spiro atoms. The van der Waals surface area contributed by atoms with Crippen LogP contribution in [-0.2, 0) is 14.4 Å². The van der Waals surface area contributed by atoms with Crippen LogP contribution in [0.15, 0.2) is 29.4 Å². The first-order valence-corrected chi connectivity index (χ1v) is 7.60. The number of carboxylic acids is 1. The Morgan fingerprint density at radius 3 is 2.73 bits per heavy atom. The summed E-state index contributed by atoms with van der Waals surface area (Å²) in [5.41, 5.74) is 0.968. The number of hydrazone groups is 1. The van der Waals surface area contributed by atoms with E-state index in [-0.39, 0.29) is 21.7 Å². The Labute approximate surface area is 134 Å². The molecule has 22 heavy (non-hydrogen) atoms. The van der Waals surface area contributed by atoms with Crippen molar-refractivity contribution in [3.8, 4) is 0 Å². The number of hydrogen-bond donors (Lipinski definition) is 1. The lowest BCUT2D eigenvalue weighted by Gasteiger charge is -2.13. The molecular formula is C13H9N3O4S2. The molecule has 1 N–H and O–H groups in total. The molecule has 1 aromatic carbocycles. The van der Waals surface area contributed by atoms with E-state index in [0.29, 0.717) is 11.3 Å². The van der Waals surface area contributed by atoms with Crippen LogP contribution in [0.25, 0.3) is 0 Å². The number of fused-ring (bicyclic) bond motifs is 1. The molecular weight excluding hydrogens is 326 g/mol. The molecule has 3 rings (SSSR count). The molecule has 2 heterocycles. The number of benzene rings is 1. The van der Waals surface area contributed by atoms with E-state index in [1.54, 1.807) is 24.3 Å². The van der Waals surface area contributed by atoms with Crippen LogP contribution in [0.5, 0.6) is 0 Å². The Morgan fingerprint density at radius 1 is 1.36 bits per heavy atom. The molecule has 1 fully saturated rings. The van der Waals surface area contributed by atoms with Crippen molar-refractivity contribution in [2.75, 3.05) is 17.2 Å². The lowest BCUT2D eigenvalue weighted by Crippen LogP contribution is -2.36. The number of carbonyl (C=O) groups is 3. The van der Waals surface area contributed by atoms with Crippen molar-refractivity contribution in [1.29, 1.82) is 0 Å². The van der Waals surface area contributed by atoms with E-state index in [4.69, 9.17) is 17.3 Å². The van der Waals surface area contributed by atoms with Gasteiger partial charge in [0.25, 0.3) is 11.8 Å². The zero-order valence-corrected chi connectivity index (χ0v) is 12.7. The van der Waals surface area contributed by atoms with Gasteiger partial charge in [-0.1, -0.05) is 42.2 Å². The van der Waals surface area contributed by atoms with E-state index < -0.39 is 18.4 Å². The van der Waals surface area contributed by atoms with Crippen molar-refractivity contribution in [2.45, 2.75) is 0 Å². The number of rotatable bonds is 3. The Kier molecular flexibility index (Phi) is 3.67. The quantitative estimate of drug-likeness (QED) is 0.817. The molecule has 0 unspecified atom stereocenters. The highest BCUT2D eigenvalue weighted by Crippen LogP contribution is 2.30. The first-order chi connectivity index (χ1) is 10.5. The highest BCUT2D eigenvalue weighted by molar-refractivity contribution is 8.23. The molecule has 0 aromatic heterocycles. The summed E-state index contributed by atoms with van der Waals surface area (Å²) in [7, 11) is 0. The molecule has 112 valence electrons. The number of aliphatic carboxylic acids is 1. The lowest BCUT2D eigenvalue weighted by atomic mass is 10.1. The topological polar surface area (TPSA) is 90.3 Å². The van der Waals surface area contributed by atoms with E-state index in [9.17, 15) is 14.4 Å². The molecule has 2 aliphatic rings. The van der Waals surface area contributed by atoms with E-state index in [0.717, 1.165) is 9.91 Å². The van der Waals surface area contributed by atoms with Gasteiger partial charge in [0.15, 0.2) is 10.0 Å². The number of thiocarbonyl (C=S) groups is 1. The summed E-state index contributed by atoms with van der Waals surface area (Å²) >= 11 is 6.20. The van der Waals surface area contributed by atoms with Crippen LogP contribution in [0, 0.1) is 0 Å². The SMILES string of the molecule is O=C(O)CN1C(=O)/C(=N/N2C(=O)CSC2=S)c2ccccc21. The summed E-state index contributed by atoms with van der Waals surface area (Å²) in [5, 5.41) is 14.0. The van der Waals surface area contributed by atoms with Crippen molar-refractivity contribution in [1.82, 2.24) is 5.01 Å². The second kappa shape index (κ2) is 5.50. The fraction of sp³-hybridized carbons (Fsp3) is 0.154. The number of hydrogen-bond acceptors (Lipinski definition) is 6. The van der Waals surface area contributed by atoms with Gasteiger partial charge in [0, 0.05) is 5.56 Å². The number of anilines is 1. The van der Waals surface area contributed by atoms with Gasteiger partial charge in [0.2, 0.25) is 0 Å². The highest BCUT2D eigenvalue weighted by atomic mass is 32.2. The Bertz CT molecular complexity index is 731. The fourth-order valence-corrected chi connectivity index (χ4v) is 3.15. The van der Waals surface area contributed by atoms with Gasteiger partial charge in [0.05, 0.1) is 11.4 Å². The van der Waals surface area contributed by atoms with Gasteiger partial charge >= 0.3 is 5.97 Å². The zero-order valence-electron chi connectivity index (χ0n) is 11.1. The Morgan fingerprint density at radius 2 is 2.09 bits per heavy atom. The largest absolute Gasteiger partial charge is 0.480 e. The Balaban J connectivity index is 2.05. The molecule has 0 atom stereocenters. The van der Waals surface area contributed by atoms with Crippen molar-refractivity contribution < 1.29 is 19.5 Å². The average Bonchev–Trinajstić information content (AvgIpc) is 2.93. The molecule has 0 radical (unpaired) electrons. The summed E-state index contributed by atoms with van der Waals surface area (Å²) in [6.45, 7) is -0.470. The standard InChI is InChI=1S/C13H9N3O4S2/c17-9-6-22-13(21)16(9)14-11-7-3-1-2-4-8(7)15(12(11)20)5-10(18)19/h1-4H,5-6H2,(H,18,19)/b14-11+. The van der Waals surface area contributed by atoms with E-state index in [1.807, 2.05) is 0 Å². The summed E-state index contributed by atoms with van der Waals surface area (Å²) in [4.78, 5) is 36.2. The molecule has 2 amide bonds. The first kappa shape index (κ1) is 14.7. The maximum atomic E-state index is 12.4. The van der Waals surface area contributed by atoms with Crippen LogP contribution in [0.4, 0.5) is 5.69 Å². The number of carbonyl (C=O) groups excluding carboxylic acids is 2. The molecule has 1 aromatic rings. The Hall–Kier alpha value is -2.26. The van der Waals surface area contributed by atoms with E-state index >= 15 is 0 Å². The predicted molar refractivity (Wildman–Crippen MR) is 84.9 cm³/mol. The van der Waals surface area contributed by atoms with Crippen molar-refractivity contribution >= 4 is 57.5 Å². The molecule has 7 nitrogen and oxygen atoms in total. The summed E-state index contributed by atoms with van der Waals surface area (Å²) in [6.07, 6.45) is 0. The molecule has 0 bridgehead atoms. The molecule has 0 aliphatic carbocycles. The monoisotopic (exact) mass is 335 g/mol. The molecule has 1 saturated heterocycles. The first-order valence-electron chi connectivity index (χ1n) is 6.20. The third-order valence-corrected chi connectivity index (χ3v) is 4.46. The third kappa shape index (κ3) is 2.38. The predicted octanol–water partition coefficient (Wildman–Crippen LogP) is 0.682. The van der Waals surface area contributed by atoms with Crippen LogP contribution in [-0.4, -0.2) is 50.2 Å². The maximum Gasteiger partial charge on any atom is 0.323 e. The smallest absolute Gasteiger partial charge is 0.323 e. The van der Waals surface area contributed by atoms with Crippen molar-refractivity contribution in [3.05, 3.63) is 29.8 Å². The van der Waals surface area contributed by atoms with Crippen molar-refractivity contribution in [2.24, 2.45) is 5.10 Å². The third-order valence-electron chi connectivity index (χ3n) is 3.12. The van der Waals surface area contributed by atoms with Crippen LogP contribution in [0.2, 0.25) is 0 Å². The van der Waals surface area contributed by atoms with E-state index in [2.05, 4.69) is 5.10 Å². The molecule has 0 saturated carbocycles. The molecule has 2 aliphatic heterocycles. The number of carboxylic acid groups (broad SMARTS) is 1. The van der Waals surface area contributed by atoms with Gasteiger partial charge in [-0.25, -0.2) is 0 Å². The minimum atomic E-state index is -1.13. The van der Waals surface area contributed by atoms with Gasteiger partial charge in [0.1, 0.15) is 6.54 Å². The number of amides is 2. The summed E-state index contributed by atoms with van der Waals surface area (Å²) in [5.74, 6) is -1.81. The van der Waals surface area contributed by atoms with Gasteiger partial charge < -0.3 is 5.11 Å². The van der Waals surface area contributed by atoms with Gasteiger partial charge in [-0.05, 0) is 6.07 Å². The van der Waals surface area contributed by atoms with Crippen LogP contribution in [0.1, 0.15) is 5.56 Å². The van der Waals surface area contributed by atoms with Crippen LogP contribution in [0.3, 0.4) is 0 Å². The second-order valence-corrected chi connectivity index (χ2v) is 6.12. The second-order valence-electron chi connectivity index (χ2n) is 4.51.